The maximum atomic E-state index is 12.5. The number of alkyl carbamates (subject to hydrolysis) is 1. The lowest BCUT2D eigenvalue weighted by Gasteiger charge is -2.35. The first-order valence-corrected chi connectivity index (χ1v) is 8.81. The number of amides is 2. The standard InChI is InChI=1S/C17H31N3O3/c1-17(2,3)23-16(22)19-12-13-6-10-20(11-7-13)15(21)14-4-8-18-9-5-14/h13-14,18H,4-12H2,1-3H3,(H,19,22). The van der Waals surface area contributed by atoms with Crippen LogP contribution in [0.3, 0.4) is 0 Å². The highest BCUT2D eigenvalue weighted by atomic mass is 16.6. The second-order valence-corrected chi connectivity index (χ2v) is 7.68. The fourth-order valence-electron chi connectivity index (χ4n) is 3.23. The summed E-state index contributed by atoms with van der Waals surface area (Å²) in [5.41, 5.74) is -0.464. The van der Waals surface area contributed by atoms with Crippen molar-refractivity contribution in [1.82, 2.24) is 15.5 Å². The van der Waals surface area contributed by atoms with Crippen LogP contribution in [-0.4, -0.2) is 55.2 Å². The van der Waals surface area contributed by atoms with Gasteiger partial charge in [0.15, 0.2) is 0 Å². The molecular formula is C17H31N3O3. The third kappa shape index (κ3) is 6.01. The molecule has 2 aliphatic rings. The van der Waals surface area contributed by atoms with Gasteiger partial charge in [0.25, 0.3) is 0 Å². The largest absolute Gasteiger partial charge is 0.444 e. The molecular weight excluding hydrogens is 294 g/mol. The second-order valence-electron chi connectivity index (χ2n) is 7.68. The third-order valence-corrected chi connectivity index (χ3v) is 4.55. The summed E-state index contributed by atoms with van der Waals surface area (Å²) in [4.78, 5) is 26.2. The zero-order valence-corrected chi connectivity index (χ0v) is 14.7. The number of likely N-dealkylation sites (tertiary alicyclic amines) is 1. The molecule has 0 aromatic carbocycles. The summed E-state index contributed by atoms with van der Waals surface area (Å²) in [6.45, 7) is 9.73. The molecule has 2 heterocycles. The van der Waals surface area contributed by atoms with Crippen molar-refractivity contribution < 1.29 is 14.3 Å². The van der Waals surface area contributed by atoms with Crippen LogP contribution in [0.1, 0.15) is 46.5 Å². The number of nitrogens with zero attached hydrogens (tertiary/aromatic N) is 1. The van der Waals surface area contributed by atoms with E-state index in [1.165, 1.54) is 0 Å². The average Bonchev–Trinajstić information content (AvgIpc) is 2.52. The predicted molar refractivity (Wildman–Crippen MR) is 89.1 cm³/mol. The van der Waals surface area contributed by atoms with Gasteiger partial charge >= 0.3 is 6.09 Å². The Morgan fingerprint density at radius 3 is 2.30 bits per heavy atom. The van der Waals surface area contributed by atoms with Gasteiger partial charge in [0.05, 0.1) is 0 Å². The minimum absolute atomic E-state index is 0.202. The van der Waals surface area contributed by atoms with Gasteiger partial charge in [0.1, 0.15) is 5.60 Å². The number of carbonyl (C=O) groups is 2. The summed E-state index contributed by atoms with van der Waals surface area (Å²) in [5, 5.41) is 6.14. The highest BCUT2D eigenvalue weighted by molar-refractivity contribution is 5.79. The molecule has 6 heteroatoms. The molecule has 0 aromatic heterocycles. The molecule has 2 N–H and O–H groups in total. The molecule has 132 valence electrons. The predicted octanol–water partition coefficient (Wildman–Crippen LogP) is 1.75. The van der Waals surface area contributed by atoms with E-state index in [1.54, 1.807) is 0 Å². The van der Waals surface area contributed by atoms with Crippen molar-refractivity contribution in [3.05, 3.63) is 0 Å². The lowest BCUT2D eigenvalue weighted by Crippen LogP contribution is -2.46. The van der Waals surface area contributed by atoms with Crippen LogP contribution in [0.4, 0.5) is 4.79 Å². The minimum atomic E-state index is -0.464. The van der Waals surface area contributed by atoms with E-state index in [9.17, 15) is 9.59 Å². The summed E-state index contributed by atoms with van der Waals surface area (Å²) in [5.74, 6) is 0.956. The molecule has 0 saturated carbocycles. The third-order valence-electron chi connectivity index (χ3n) is 4.55. The monoisotopic (exact) mass is 325 g/mol. The first-order valence-electron chi connectivity index (χ1n) is 8.81. The number of hydrogen-bond donors (Lipinski definition) is 2. The minimum Gasteiger partial charge on any atom is -0.444 e. The zero-order chi connectivity index (χ0) is 16.9. The fraction of sp³-hybridized carbons (Fsp3) is 0.882. The molecule has 0 spiro atoms. The fourth-order valence-corrected chi connectivity index (χ4v) is 3.23. The van der Waals surface area contributed by atoms with Gasteiger partial charge in [-0.1, -0.05) is 0 Å². The van der Waals surface area contributed by atoms with Gasteiger partial charge in [0, 0.05) is 25.6 Å². The van der Waals surface area contributed by atoms with Gasteiger partial charge in [-0.3, -0.25) is 4.79 Å². The highest BCUT2D eigenvalue weighted by Gasteiger charge is 2.29. The maximum Gasteiger partial charge on any atom is 0.407 e. The van der Waals surface area contributed by atoms with Crippen molar-refractivity contribution >= 4 is 12.0 Å². The summed E-state index contributed by atoms with van der Waals surface area (Å²) < 4.78 is 5.25. The molecule has 0 atom stereocenters. The van der Waals surface area contributed by atoms with Crippen molar-refractivity contribution in [2.45, 2.75) is 52.1 Å². The molecule has 0 bridgehead atoms. The SMILES string of the molecule is CC(C)(C)OC(=O)NCC1CCN(C(=O)C2CCNCC2)CC1. The summed E-state index contributed by atoms with van der Waals surface area (Å²) in [7, 11) is 0. The topological polar surface area (TPSA) is 70.7 Å². The molecule has 2 aliphatic heterocycles. The Morgan fingerprint density at radius 1 is 1.13 bits per heavy atom. The number of nitrogens with one attached hydrogen (secondary N) is 2. The van der Waals surface area contributed by atoms with Crippen LogP contribution >= 0.6 is 0 Å². The Hall–Kier alpha value is -1.30. The van der Waals surface area contributed by atoms with Crippen LogP contribution in [0.2, 0.25) is 0 Å². The van der Waals surface area contributed by atoms with E-state index in [1.807, 2.05) is 25.7 Å². The highest BCUT2D eigenvalue weighted by Crippen LogP contribution is 2.21. The Labute approximate surface area is 139 Å². The molecule has 23 heavy (non-hydrogen) atoms. The van der Waals surface area contributed by atoms with E-state index >= 15 is 0 Å². The van der Waals surface area contributed by atoms with Crippen molar-refractivity contribution in [2.75, 3.05) is 32.7 Å². The molecule has 2 amide bonds. The summed E-state index contributed by atoms with van der Waals surface area (Å²) in [6.07, 6.45) is 3.46. The molecule has 2 saturated heterocycles. The smallest absolute Gasteiger partial charge is 0.407 e. The average molecular weight is 325 g/mol. The lowest BCUT2D eigenvalue weighted by molar-refractivity contribution is -0.137. The van der Waals surface area contributed by atoms with E-state index < -0.39 is 5.60 Å². The quantitative estimate of drug-likeness (QED) is 0.829. The van der Waals surface area contributed by atoms with Crippen LogP contribution in [0, 0.1) is 11.8 Å². The maximum absolute atomic E-state index is 12.5. The molecule has 0 radical (unpaired) electrons. The van der Waals surface area contributed by atoms with E-state index in [-0.39, 0.29) is 12.0 Å². The number of carbonyl (C=O) groups excluding carboxylic acids is 2. The molecule has 0 aromatic rings. The van der Waals surface area contributed by atoms with Gasteiger partial charge < -0.3 is 20.3 Å². The number of ether oxygens (including phenoxy) is 1. The van der Waals surface area contributed by atoms with Crippen molar-refractivity contribution in [2.24, 2.45) is 11.8 Å². The van der Waals surface area contributed by atoms with E-state index in [0.717, 1.165) is 51.9 Å². The molecule has 0 aliphatic carbocycles. The van der Waals surface area contributed by atoms with Crippen LogP contribution < -0.4 is 10.6 Å². The Balaban J connectivity index is 1.67. The molecule has 0 unspecified atom stereocenters. The van der Waals surface area contributed by atoms with Crippen LogP contribution in [-0.2, 0) is 9.53 Å². The van der Waals surface area contributed by atoms with E-state index in [4.69, 9.17) is 4.74 Å². The number of rotatable bonds is 3. The van der Waals surface area contributed by atoms with Crippen molar-refractivity contribution in [3.8, 4) is 0 Å². The molecule has 2 fully saturated rings. The Kier molecular flexibility index (Phi) is 6.27. The normalized spacial score (nSPS) is 21.1. The summed E-state index contributed by atoms with van der Waals surface area (Å²) >= 11 is 0. The number of piperidine rings is 2. The molecule has 2 rings (SSSR count). The Bertz CT molecular complexity index is 406. The van der Waals surface area contributed by atoms with E-state index in [0.29, 0.717) is 18.4 Å². The van der Waals surface area contributed by atoms with Gasteiger partial charge in [-0.15, -0.1) is 0 Å². The van der Waals surface area contributed by atoms with Gasteiger partial charge in [-0.25, -0.2) is 4.79 Å². The number of hydrogen-bond acceptors (Lipinski definition) is 4. The zero-order valence-electron chi connectivity index (χ0n) is 14.7. The van der Waals surface area contributed by atoms with Crippen LogP contribution in [0.25, 0.3) is 0 Å². The van der Waals surface area contributed by atoms with Gasteiger partial charge in [0.2, 0.25) is 5.91 Å². The molecule has 6 nitrogen and oxygen atoms in total. The second kappa shape index (κ2) is 7.99. The van der Waals surface area contributed by atoms with Gasteiger partial charge in [-0.2, -0.15) is 0 Å². The summed E-state index contributed by atoms with van der Waals surface area (Å²) in [6, 6.07) is 0. The lowest BCUT2D eigenvalue weighted by atomic mass is 9.92. The van der Waals surface area contributed by atoms with Crippen LogP contribution in [0.15, 0.2) is 0 Å². The van der Waals surface area contributed by atoms with Crippen LogP contribution in [0.5, 0.6) is 0 Å². The first kappa shape index (κ1) is 18.0. The van der Waals surface area contributed by atoms with Gasteiger partial charge in [-0.05, 0) is 65.5 Å². The van der Waals surface area contributed by atoms with Crippen molar-refractivity contribution in [3.63, 3.8) is 0 Å². The van der Waals surface area contributed by atoms with Crippen molar-refractivity contribution in [1.29, 1.82) is 0 Å². The Morgan fingerprint density at radius 2 is 1.74 bits per heavy atom. The first-order chi connectivity index (χ1) is 10.8. The van der Waals surface area contributed by atoms with E-state index in [2.05, 4.69) is 10.6 Å².